The van der Waals surface area contributed by atoms with Crippen molar-refractivity contribution in [3.63, 3.8) is 0 Å². The van der Waals surface area contributed by atoms with E-state index in [-0.39, 0.29) is 18.3 Å². The van der Waals surface area contributed by atoms with E-state index in [1.165, 1.54) is 12.8 Å². The Morgan fingerprint density at radius 1 is 1.32 bits per heavy atom. The monoisotopic (exact) mass is 283 g/mol. The fourth-order valence-electron chi connectivity index (χ4n) is 3.38. The Morgan fingerprint density at radius 2 is 1.95 bits per heavy atom. The third-order valence-electron chi connectivity index (χ3n) is 4.50. The van der Waals surface area contributed by atoms with Crippen LogP contribution in [0.15, 0.2) is 12.3 Å². The van der Waals surface area contributed by atoms with Gasteiger partial charge in [0.15, 0.2) is 0 Å². The lowest BCUT2D eigenvalue weighted by Crippen LogP contribution is -2.48. The summed E-state index contributed by atoms with van der Waals surface area (Å²) in [6.45, 7) is 1.95. The Hall–Kier alpha value is -1.00. The molecule has 2 bridgehead atoms. The lowest BCUT2D eigenvalue weighted by atomic mass is 9.98. The summed E-state index contributed by atoms with van der Waals surface area (Å²) in [4.78, 5) is 17.5. The standard InChI is InChI=1S/C14H21N3O.ClH/c1-9-13(5-6-15-9)14(18)17(2)12-7-10-3-4-11(8-12)16-10;/h5-6,10-12,15-16H,3-4,7-8H2,1-2H3;1H. The van der Waals surface area contributed by atoms with Gasteiger partial charge in [0, 0.05) is 37.1 Å². The van der Waals surface area contributed by atoms with E-state index < -0.39 is 0 Å². The largest absolute Gasteiger partial charge is 0.365 e. The molecule has 1 aromatic rings. The van der Waals surface area contributed by atoms with Crippen LogP contribution in [-0.4, -0.2) is 41.0 Å². The number of halogens is 1. The molecule has 4 nitrogen and oxygen atoms in total. The number of rotatable bonds is 2. The quantitative estimate of drug-likeness (QED) is 0.873. The molecular weight excluding hydrogens is 262 g/mol. The number of piperidine rings is 1. The Balaban J connectivity index is 0.00000133. The van der Waals surface area contributed by atoms with Gasteiger partial charge >= 0.3 is 0 Å². The zero-order chi connectivity index (χ0) is 12.7. The third kappa shape index (κ3) is 2.65. The SMILES string of the molecule is Cc1[nH]ccc1C(=O)N(C)C1CC2CCC(C1)N2.Cl. The molecule has 106 valence electrons. The molecule has 0 aliphatic carbocycles. The van der Waals surface area contributed by atoms with Crippen LogP contribution in [0.5, 0.6) is 0 Å². The van der Waals surface area contributed by atoms with Crippen molar-refractivity contribution in [2.45, 2.75) is 50.7 Å². The van der Waals surface area contributed by atoms with Gasteiger partial charge < -0.3 is 15.2 Å². The maximum Gasteiger partial charge on any atom is 0.255 e. The number of hydrogen-bond acceptors (Lipinski definition) is 2. The summed E-state index contributed by atoms with van der Waals surface area (Å²) in [6.07, 6.45) is 6.58. The van der Waals surface area contributed by atoms with Gasteiger partial charge in [0.1, 0.15) is 0 Å². The molecule has 3 heterocycles. The van der Waals surface area contributed by atoms with Crippen LogP contribution in [0.1, 0.15) is 41.7 Å². The average molecular weight is 284 g/mol. The lowest BCUT2D eigenvalue weighted by Gasteiger charge is -2.35. The lowest BCUT2D eigenvalue weighted by molar-refractivity contribution is 0.0681. The van der Waals surface area contributed by atoms with Crippen LogP contribution in [0.4, 0.5) is 0 Å². The zero-order valence-electron chi connectivity index (χ0n) is 11.5. The first-order valence-electron chi connectivity index (χ1n) is 6.82. The number of nitrogens with one attached hydrogen (secondary N) is 2. The van der Waals surface area contributed by atoms with Crippen molar-refractivity contribution < 1.29 is 4.79 Å². The van der Waals surface area contributed by atoms with E-state index in [1.54, 1.807) is 0 Å². The number of aromatic nitrogens is 1. The molecule has 1 aromatic heterocycles. The highest BCUT2D eigenvalue weighted by Crippen LogP contribution is 2.29. The van der Waals surface area contributed by atoms with Crippen LogP contribution in [0, 0.1) is 6.92 Å². The van der Waals surface area contributed by atoms with Crippen LogP contribution in [0.3, 0.4) is 0 Å². The highest BCUT2D eigenvalue weighted by Gasteiger charge is 2.36. The number of H-pyrrole nitrogens is 1. The van der Waals surface area contributed by atoms with Gasteiger partial charge in [-0.15, -0.1) is 12.4 Å². The number of carbonyl (C=O) groups excluding carboxylic acids is 1. The van der Waals surface area contributed by atoms with Crippen LogP contribution in [-0.2, 0) is 0 Å². The van der Waals surface area contributed by atoms with E-state index >= 15 is 0 Å². The first kappa shape index (κ1) is 14.4. The van der Waals surface area contributed by atoms with Crippen LogP contribution >= 0.6 is 12.4 Å². The number of fused-ring (bicyclic) bond motifs is 2. The fraction of sp³-hybridized carbons (Fsp3) is 0.643. The first-order chi connectivity index (χ1) is 8.65. The van der Waals surface area contributed by atoms with Crippen molar-refractivity contribution >= 4 is 18.3 Å². The van der Waals surface area contributed by atoms with Gasteiger partial charge in [-0.05, 0) is 38.7 Å². The minimum Gasteiger partial charge on any atom is -0.365 e. The first-order valence-corrected chi connectivity index (χ1v) is 6.82. The van der Waals surface area contributed by atoms with Gasteiger partial charge in [-0.25, -0.2) is 0 Å². The predicted molar refractivity (Wildman–Crippen MR) is 77.8 cm³/mol. The van der Waals surface area contributed by atoms with Crippen molar-refractivity contribution in [2.24, 2.45) is 0 Å². The molecule has 2 saturated heterocycles. The molecule has 3 rings (SSSR count). The van der Waals surface area contributed by atoms with Crippen LogP contribution in [0.2, 0.25) is 0 Å². The molecule has 0 saturated carbocycles. The van der Waals surface area contributed by atoms with E-state index in [0.29, 0.717) is 18.1 Å². The summed E-state index contributed by atoms with van der Waals surface area (Å²) in [7, 11) is 1.95. The van der Waals surface area contributed by atoms with Gasteiger partial charge in [0.05, 0.1) is 5.56 Å². The molecule has 0 radical (unpaired) electrons. The molecule has 2 fully saturated rings. The van der Waals surface area contributed by atoms with Gasteiger partial charge in [-0.2, -0.15) is 0 Å². The van der Waals surface area contributed by atoms with E-state index in [0.717, 1.165) is 24.1 Å². The van der Waals surface area contributed by atoms with Gasteiger partial charge in [-0.3, -0.25) is 4.79 Å². The summed E-state index contributed by atoms with van der Waals surface area (Å²) in [5.74, 6) is 0.153. The Kier molecular flexibility index (Phi) is 4.21. The summed E-state index contributed by atoms with van der Waals surface area (Å²) >= 11 is 0. The molecule has 2 aliphatic heterocycles. The molecule has 0 aromatic carbocycles. The molecule has 2 unspecified atom stereocenters. The van der Waals surface area contributed by atoms with E-state index in [2.05, 4.69) is 10.3 Å². The van der Waals surface area contributed by atoms with Crippen molar-refractivity contribution in [3.05, 3.63) is 23.5 Å². The predicted octanol–water partition coefficient (Wildman–Crippen LogP) is 2.10. The van der Waals surface area contributed by atoms with Crippen LogP contribution in [0.25, 0.3) is 0 Å². The molecular formula is C14H22ClN3O. The second-order valence-corrected chi connectivity index (χ2v) is 5.70. The van der Waals surface area contributed by atoms with Crippen molar-refractivity contribution in [2.75, 3.05) is 7.05 Å². The average Bonchev–Trinajstić information content (AvgIpc) is 2.93. The molecule has 1 amide bonds. The summed E-state index contributed by atoms with van der Waals surface area (Å²) in [5.41, 5.74) is 1.77. The smallest absolute Gasteiger partial charge is 0.255 e. The van der Waals surface area contributed by atoms with Crippen LogP contribution < -0.4 is 5.32 Å². The van der Waals surface area contributed by atoms with Gasteiger partial charge in [0.25, 0.3) is 5.91 Å². The molecule has 2 aliphatic rings. The zero-order valence-corrected chi connectivity index (χ0v) is 12.3. The number of amides is 1. The third-order valence-corrected chi connectivity index (χ3v) is 4.50. The molecule has 2 atom stereocenters. The van der Waals surface area contributed by atoms with E-state index in [1.807, 2.05) is 31.1 Å². The van der Waals surface area contributed by atoms with Crippen molar-refractivity contribution in [1.82, 2.24) is 15.2 Å². The minimum atomic E-state index is 0. The van der Waals surface area contributed by atoms with Gasteiger partial charge in [0.2, 0.25) is 0 Å². The van der Waals surface area contributed by atoms with Gasteiger partial charge in [-0.1, -0.05) is 0 Å². The second kappa shape index (κ2) is 5.55. The highest BCUT2D eigenvalue weighted by atomic mass is 35.5. The summed E-state index contributed by atoms with van der Waals surface area (Å²) in [5, 5.41) is 3.62. The summed E-state index contributed by atoms with van der Waals surface area (Å²) in [6, 6.07) is 3.52. The minimum absolute atomic E-state index is 0. The maximum atomic E-state index is 12.4. The second-order valence-electron chi connectivity index (χ2n) is 5.70. The molecule has 0 spiro atoms. The maximum absolute atomic E-state index is 12.4. The number of carbonyl (C=O) groups is 1. The molecule has 19 heavy (non-hydrogen) atoms. The normalized spacial score (nSPS) is 28.8. The highest BCUT2D eigenvalue weighted by molar-refractivity contribution is 5.95. The number of aromatic amines is 1. The number of nitrogens with zero attached hydrogens (tertiary/aromatic N) is 1. The fourth-order valence-corrected chi connectivity index (χ4v) is 3.38. The van der Waals surface area contributed by atoms with Crippen molar-refractivity contribution in [1.29, 1.82) is 0 Å². The number of hydrogen-bond donors (Lipinski definition) is 2. The topological polar surface area (TPSA) is 48.1 Å². The van der Waals surface area contributed by atoms with E-state index in [9.17, 15) is 4.79 Å². The Labute approximate surface area is 120 Å². The molecule has 5 heteroatoms. The summed E-state index contributed by atoms with van der Waals surface area (Å²) < 4.78 is 0. The Bertz CT molecular complexity index is 447. The van der Waals surface area contributed by atoms with E-state index in [4.69, 9.17) is 0 Å². The Morgan fingerprint density at radius 3 is 2.47 bits per heavy atom. The molecule has 2 N–H and O–H groups in total. The van der Waals surface area contributed by atoms with Crippen molar-refractivity contribution in [3.8, 4) is 0 Å². The number of aryl methyl sites for hydroxylation is 1.